The summed E-state index contributed by atoms with van der Waals surface area (Å²) in [7, 11) is 0. The first-order chi connectivity index (χ1) is 7.11. The minimum Gasteiger partial charge on any atom is -0.298 e. The zero-order valence-corrected chi connectivity index (χ0v) is 9.71. The summed E-state index contributed by atoms with van der Waals surface area (Å²) in [4.78, 5) is 22.3. The fourth-order valence-electron chi connectivity index (χ4n) is 1.27. The smallest absolute Gasteiger partial charge is 0.150 e. The van der Waals surface area contributed by atoms with Crippen LogP contribution in [0.4, 0.5) is 0 Å². The Morgan fingerprint density at radius 3 is 2.13 bits per heavy atom. The van der Waals surface area contributed by atoms with E-state index in [2.05, 4.69) is 0 Å². The maximum atomic E-state index is 11.2. The molecule has 15 heavy (non-hydrogen) atoms. The molecule has 0 aliphatic carbocycles. The van der Waals surface area contributed by atoms with E-state index in [0.717, 1.165) is 5.56 Å². The van der Waals surface area contributed by atoms with Gasteiger partial charge in [0.05, 0.1) is 0 Å². The average molecular weight is 222 g/mol. The summed E-state index contributed by atoms with van der Waals surface area (Å²) in [6.07, 6.45) is 0. The number of ketones is 2. The number of carbonyl (C=O) groups excluding carboxylic acids is 2. The van der Waals surface area contributed by atoms with E-state index in [1.165, 1.54) is 25.6 Å². The van der Waals surface area contributed by atoms with Gasteiger partial charge in [0.15, 0.2) is 0 Å². The van der Waals surface area contributed by atoms with E-state index in [1.54, 1.807) is 0 Å². The van der Waals surface area contributed by atoms with Gasteiger partial charge in [0.2, 0.25) is 0 Å². The SMILES string of the molecule is CC(=O)C(SCc1ccccc1)C(C)=O. The second-order valence-corrected chi connectivity index (χ2v) is 4.49. The van der Waals surface area contributed by atoms with E-state index in [4.69, 9.17) is 0 Å². The van der Waals surface area contributed by atoms with Gasteiger partial charge in [-0.15, -0.1) is 11.8 Å². The van der Waals surface area contributed by atoms with Gasteiger partial charge < -0.3 is 0 Å². The fourth-order valence-corrected chi connectivity index (χ4v) is 2.30. The molecule has 0 saturated heterocycles. The number of carbonyl (C=O) groups is 2. The van der Waals surface area contributed by atoms with Gasteiger partial charge >= 0.3 is 0 Å². The summed E-state index contributed by atoms with van der Waals surface area (Å²) >= 11 is 1.39. The minimum absolute atomic E-state index is 0.0663. The van der Waals surface area contributed by atoms with Gasteiger partial charge in [-0.3, -0.25) is 9.59 Å². The van der Waals surface area contributed by atoms with Gasteiger partial charge in [0.1, 0.15) is 16.8 Å². The van der Waals surface area contributed by atoms with Crippen molar-refractivity contribution in [2.24, 2.45) is 0 Å². The van der Waals surface area contributed by atoms with E-state index >= 15 is 0 Å². The minimum atomic E-state index is -0.509. The molecule has 0 bridgehead atoms. The van der Waals surface area contributed by atoms with Gasteiger partial charge in [-0.25, -0.2) is 0 Å². The highest BCUT2D eigenvalue weighted by Crippen LogP contribution is 2.19. The summed E-state index contributed by atoms with van der Waals surface area (Å²) < 4.78 is 0. The van der Waals surface area contributed by atoms with E-state index in [0.29, 0.717) is 5.75 Å². The largest absolute Gasteiger partial charge is 0.298 e. The molecule has 0 saturated carbocycles. The molecule has 2 nitrogen and oxygen atoms in total. The molecule has 0 N–H and O–H groups in total. The Morgan fingerprint density at radius 1 is 1.13 bits per heavy atom. The first-order valence-electron chi connectivity index (χ1n) is 4.77. The first kappa shape index (κ1) is 12.0. The summed E-state index contributed by atoms with van der Waals surface area (Å²) in [6, 6.07) is 9.83. The molecule has 0 radical (unpaired) electrons. The Bertz CT molecular complexity index is 332. The lowest BCUT2D eigenvalue weighted by Gasteiger charge is -2.09. The van der Waals surface area contributed by atoms with Crippen molar-refractivity contribution in [2.75, 3.05) is 0 Å². The van der Waals surface area contributed by atoms with Crippen LogP contribution in [-0.2, 0) is 15.3 Å². The first-order valence-corrected chi connectivity index (χ1v) is 5.82. The van der Waals surface area contributed by atoms with Crippen molar-refractivity contribution < 1.29 is 9.59 Å². The lowest BCUT2D eigenvalue weighted by atomic mass is 10.2. The lowest BCUT2D eigenvalue weighted by molar-refractivity contribution is -0.123. The zero-order chi connectivity index (χ0) is 11.3. The molecule has 0 unspecified atom stereocenters. The Labute approximate surface area is 94.1 Å². The molecule has 0 heterocycles. The van der Waals surface area contributed by atoms with Crippen molar-refractivity contribution in [1.82, 2.24) is 0 Å². The monoisotopic (exact) mass is 222 g/mol. The van der Waals surface area contributed by atoms with Crippen LogP contribution in [0, 0.1) is 0 Å². The van der Waals surface area contributed by atoms with Crippen LogP contribution < -0.4 is 0 Å². The molecule has 0 aliphatic rings. The maximum absolute atomic E-state index is 11.2. The maximum Gasteiger partial charge on any atom is 0.150 e. The van der Waals surface area contributed by atoms with Crippen LogP contribution in [0.25, 0.3) is 0 Å². The van der Waals surface area contributed by atoms with Crippen molar-refractivity contribution in [3.8, 4) is 0 Å². The predicted octanol–water partition coefficient (Wildman–Crippen LogP) is 2.47. The second-order valence-electron chi connectivity index (χ2n) is 3.40. The third kappa shape index (κ3) is 3.88. The van der Waals surface area contributed by atoms with Crippen molar-refractivity contribution in [1.29, 1.82) is 0 Å². The lowest BCUT2D eigenvalue weighted by Crippen LogP contribution is -2.22. The number of hydrogen-bond donors (Lipinski definition) is 0. The molecular formula is C12H14O2S. The average Bonchev–Trinajstić information content (AvgIpc) is 2.18. The Hall–Kier alpha value is -1.09. The Balaban J connectivity index is 2.55. The van der Waals surface area contributed by atoms with Crippen LogP contribution in [0.3, 0.4) is 0 Å². The molecule has 0 fully saturated rings. The highest BCUT2D eigenvalue weighted by atomic mass is 32.2. The molecule has 1 aromatic rings. The van der Waals surface area contributed by atoms with Crippen LogP contribution in [0.2, 0.25) is 0 Å². The quantitative estimate of drug-likeness (QED) is 0.718. The molecule has 0 aliphatic heterocycles. The fraction of sp³-hybridized carbons (Fsp3) is 0.333. The van der Waals surface area contributed by atoms with Gasteiger partial charge in [0.25, 0.3) is 0 Å². The number of thioether (sulfide) groups is 1. The van der Waals surface area contributed by atoms with Crippen LogP contribution >= 0.6 is 11.8 Å². The summed E-state index contributed by atoms with van der Waals surface area (Å²) in [6.45, 7) is 2.92. The summed E-state index contributed by atoms with van der Waals surface area (Å²) in [5, 5.41) is -0.509. The van der Waals surface area contributed by atoms with E-state index in [9.17, 15) is 9.59 Å². The van der Waals surface area contributed by atoms with Crippen LogP contribution in [0.5, 0.6) is 0 Å². The van der Waals surface area contributed by atoms with E-state index in [-0.39, 0.29) is 11.6 Å². The van der Waals surface area contributed by atoms with Crippen molar-refractivity contribution >= 4 is 23.3 Å². The molecule has 1 aromatic carbocycles. The normalized spacial score (nSPS) is 10.3. The number of benzene rings is 1. The van der Waals surface area contributed by atoms with Gasteiger partial charge in [0, 0.05) is 5.75 Å². The van der Waals surface area contributed by atoms with Crippen molar-refractivity contribution in [3.05, 3.63) is 35.9 Å². The van der Waals surface area contributed by atoms with Crippen molar-refractivity contribution in [2.45, 2.75) is 24.9 Å². The second kappa shape index (κ2) is 5.71. The van der Waals surface area contributed by atoms with Crippen LogP contribution in [0.1, 0.15) is 19.4 Å². The molecule has 0 spiro atoms. The van der Waals surface area contributed by atoms with Crippen LogP contribution in [-0.4, -0.2) is 16.8 Å². The molecule has 0 amide bonds. The third-order valence-electron chi connectivity index (χ3n) is 2.00. The number of Topliss-reactive ketones (excluding diaryl/α,β-unsaturated/α-hetero) is 2. The van der Waals surface area contributed by atoms with Gasteiger partial charge in [-0.05, 0) is 19.4 Å². The Kier molecular flexibility index (Phi) is 4.56. The molecular weight excluding hydrogens is 208 g/mol. The van der Waals surface area contributed by atoms with Gasteiger partial charge in [-0.2, -0.15) is 0 Å². The molecule has 80 valence electrons. The number of hydrogen-bond acceptors (Lipinski definition) is 3. The van der Waals surface area contributed by atoms with Crippen molar-refractivity contribution in [3.63, 3.8) is 0 Å². The standard InChI is InChI=1S/C12H14O2S/c1-9(13)12(10(2)14)15-8-11-6-4-3-5-7-11/h3-7,12H,8H2,1-2H3. The summed E-state index contributed by atoms with van der Waals surface area (Å²) in [5.41, 5.74) is 1.13. The molecule has 1 rings (SSSR count). The molecule has 0 atom stereocenters. The van der Waals surface area contributed by atoms with E-state index in [1.807, 2.05) is 30.3 Å². The Morgan fingerprint density at radius 2 is 1.67 bits per heavy atom. The topological polar surface area (TPSA) is 34.1 Å². The highest BCUT2D eigenvalue weighted by molar-refractivity contribution is 8.00. The third-order valence-corrected chi connectivity index (χ3v) is 3.50. The number of rotatable bonds is 5. The summed E-state index contributed by atoms with van der Waals surface area (Å²) in [5.74, 6) is 0.567. The predicted molar refractivity (Wildman–Crippen MR) is 62.9 cm³/mol. The van der Waals surface area contributed by atoms with Gasteiger partial charge in [-0.1, -0.05) is 30.3 Å². The highest BCUT2D eigenvalue weighted by Gasteiger charge is 2.19. The molecule has 0 aromatic heterocycles. The molecule has 3 heteroatoms. The van der Waals surface area contributed by atoms with Crippen LogP contribution in [0.15, 0.2) is 30.3 Å². The zero-order valence-electron chi connectivity index (χ0n) is 8.90. The van der Waals surface area contributed by atoms with E-state index < -0.39 is 5.25 Å².